The number of anilines is 1. The van der Waals surface area contributed by atoms with Gasteiger partial charge in [-0.1, -0.05) is 11.6 Å². The summed E-state index contributed by atoms with van der Waals surface area (Å²) in [6.45, 7) is 0. The second kappa shape index (κ2) is 4.30. The summed E-state index contributed by atoms with van der Waals surface area (Å²) < 4.78 is 0. The highest BCUT2D eigenvalue weighted by molar-refractivity contribution is 6.31. The smallest absolute Gasteiger partial charge is 0.267 e. The lowest BCUT2D eigenvalue weighted by atomic mass is 10.2. The summed E-state index contributed by atoms with van der Waals surface area (Å²) in [7, 11) is 3.45. The van der Waals surface area contributed by atoms with E-state index < -0.39 is 0 Å². The fourth-order valence-electron chi connectivity index (χ4n) is 1.00. The number of amides is 1. The van der Waals surface area contributed by atoms with Crippen molar-refractivity contribution in [2.45, 2.75) is 0 Å². The third-order valence-electron chi connectivity index (χ3n) is 1.58. The molecule has 1 rings (SSSR count). The molecule has 1 aromatic rings. The van der Waals surface area contributed by atoms with Crippen molar-refractivity contribution in [3.8, 4) is 0 Å². The summed E-state index contributed by atoms with van der Waals surface area (Å²) >= 11 is 5.71. The van der Waals surface area contributed by atoms with E-state index in [-0.39, 0.29) is 5.91 Å². The number of nitrogens with zero attached hydrogens (tertiary/aromatic N) is 1. The van der Waals surface area contributed by atoms with E-state index >= 15 is 0 Å². The van der Waals surface area contributed by atoms with Crippen LogP contribution in [0.2, 0.25) is 5.02 Å². The molecule has 0 spiro atoms. The molecule has 0 saturated carbocycles. The highest BCUT2D eigenvalue weighted by Gasteiger charge is 2.09. The van der Waals surface area contributed by atoms with Crippen LogP contribution in [0.5, 0.6) is 0 Å². The summed E-state index contributed by atoms with van der Waals surface area (Å²) in [6.07, 6.45) is 0. The quantitative estimate of drug-likeness (QED) is 0.572. The maximum atomic E-state index is 11.5. The topological polar surface area (TPSA) is 58.4 Å². The van der Waals surface area contributed by atoms with Crippen molar-refractivity contribution in [3.63, 3.8) is 0 Å². The van der Waals surface area contributed by atoms with E-state index in [0.29, 0.717) is 16.3 Å². The first-order valence-corrected chi connectivity index (χ1v) is 4.42. The van der Waals surface area contributed by atoms with Crippen molar-refractivity contribution in [2.24, 2.45) is 0 Å². The van der Waals surface area contributed by atoms with Crippen molar-refractivity contribution >= 4 is 23.2 Å². The van der Waals surface area contributed by atoms with Gasteiger partial charge in [-0.25, -0.2) is 5.01 Å². The van der Waals surface area contributed by atoms with Gasteiger partial charge < -0.3 is 5.73 Å². The summed E-state index contributed by atoms with van der Waals surface area (Å²) in [5.41, 5.74) is 9.02. The lowest BCUT2D eigenvalue weighted by Gasteiger charge is -2.12. The van der Waals surface area contributed by atoms with E-state index in [9.17, 15) is 4.79 Å². The van der Waals surface area contributed by atoms with Crippen LogP contribution in [0.3, 0.4) is 0 Å². The number of rotatable bonds is 2. The number of nitrogens with one attached hydrogen (secondary N) is 1. The van der Waals surface area contributed by atoms with E-state index in [1.807, 2.05) is 0 Å². The average molecular weight is 214 g/mol. The Morgan fingerprint density at radius 2 is 2.14 bits per heavy atom. The standard InChI is InChI=1S/C9H12ClN3O/c1-13(2)12-9(14)7-4-3-6(10)5-8(7)11/h3-5H,11H2,1-2H3,(H,12,14). The van der Waals surface area contributed by atoms with Gasteiger partial charge >= 0.3 is 0 Å². The number of nitrogens with two attached hydrogens (primary N) is 1. The maximum Gasteiger partial charge on any atom is 0.267 e. The van der Waals surface area contributed by atoms with Crippen molar-refractivity contribution < 1.29 is 4.79 Å². The van der Waals surface area contributed by atoms with Crippen molar-refractivity contribution in [1.82, 2.24) is 10.4 Å². The van der Waals surface area contributed by atoms with Gasteiger partial charge in [0.1, 0.15) is 0 Å². The number of halogens is 1. The first kappa shape index (κ1) is 10.8. The minimum Gasteiger partial charge on any atom is -0.398 e. The minimum absolute atomic E-state index is 0.246. The zero-order valence-electron chi connectivity index (χ0n) is 8.04. The van der Waals surface area contributed by atoms with Gasteiger partial charge in [-0.3, -0.25) is 10.2 Å². The molecule has 0 aliphatic heterocycles. The van der Waals surface area contributed by atoms with Crippen LogP contribution in [0.4, 0.5) is 5.69 Å². The average Bonchev–Trinajstić information content (AvgIpc) is 2.01. The Kier molecular flexibility index (Phi) is 3.33. The molecule has 5 heteroatoms. The molecule has 0 radical (unpaired) electrons. The third-order valence-corrected chi connectivity index (χ3v) is 1.82. The predicted molar refractivity (Wildman–Crippen MR) is 57.0 cm³/mol. The Hall–Kier alpha value is -1.26. The van der Waals surface area contributed by atoms with Crippen molar-refractivity contribution in [1.29, 1.82) is 0 Å². The Morgan fingerprint density at radius 3 is 2.64 bits per heavy atom. The largest absolute Gasteiger partial charge is 0.398 e. The molecule has 14 heavy (non-hydrogen) atoms. The number of nitrogen functional groups attached to an aromatic ring is 1. The van der Waals surface area contributed by atoms with Crippen LogP contribution < -0.4 is 11.2 Å². The van der Waals surface area contributed by atoms with Gasteiger partial charge in [-0.05, 0) is 18.2 Å². The molecule has 0 fully saturated rings. The molecule has 0 heterocycles. The number of hydrogen-bond donors (Lipinski definition) is 2. The van der Waals surface area contributed by atoms with Gasteiger partial charge in [0.2, 0.25) is 0 Å². The molecule has 1 amide bonds. The molecule has 3 N–H and O–H groups in total. The van der Waals surface area contributed by atoms with Crippen LogP contribution in [0.1, 0.15) is 10.4 Å². The van der Waals surface area contributed by atoms with Crippen molar-refractivity contribution in [3.05, 3.63) is 28.8 Å². The fraction of sp³-hybridized carbons (Fsp3) is 0.222. The van der Waals surface area contributed by atoms with Crippen LogP contribution >= 0.6 is 11.6 Å². The lowest BCUT2D eigenvalue weighted by molar-refractivity contribution is 0.0858. The van der Waals surface area contributed by atoms with Gasteiger partial charge in [-0.15, -0.1) is 0 Å². The fourth-order valence-corrected chi connectivity index (χ4v) is 1.18. The first-order valence-electron chi connectivity index (χ1n) is 4.04. The SMILES string of the molecule is CN(C)NC(=O)c1ccc(Cl)cc1N. The Morgan fingerprint density at radius 1 is 1.50 bits per heavy atom. The minimum atomic E-state index is -0.246. The normalized spacial score (nSPS) is 10.3. The maximum absolute atomic E-state index is 11.5. The molecule has 0 aliphatic carbocycles. The molecule has 76 valence electrons. The number of hydrazine groups is 1. The van der Waals surface area contributed by atoms with E-state index in [2.05, 4.69) is 5.43 Å². The molecular weight excluding hydrogens is 202 g/mol. The van der Waals surface area contributed by atoms with Crippen molar-refractivity contribution in [2.75, 3.05) is 19.8 Å². The lowest BCUT2D eigenvalue weighted by Crippen LogP contribution is -2.36. The molecule has 0 saturated heterocycles. The number of benzene rings is 1. The van der Waals surface area contributed by atoms with Crippen LogP contribution in [0, 0.1) is 0 Å². The first-order chi connectivity index (χ1) is 6.50. The zero-order valence-corrected chi connectivity index (χ0v) is 8.80. The van der Waals surface area contributed by atoms with Crippen LogP contribution in [-0.2, 0) is 0 Å². The zero-order chi connectivity index (χ0) is 10.7. The number of carbonyl (C=O) groups excluding carboxylic acids is 1. The summed E-state index contributed by atoms with van der Waals surface area (Å²) in [6, 6.07) is 4.77. The second-order valence-electron chi connectivity index (χ2n) is 3.07. The highest BCUT2D eigenvalue weighted by atomic mass is 35.5. The summed E-state index contributed by atoms with van der Waals surface area (Å²) in [4.78, 5) is 11.5. The van der Waals surface area contributed by atoms with Crippen LogP contribution in [0.25, 0.3) is 0 Å². The molecular formula is C9H12ClN3O. The number of hydrogen-bond acceptors (Lipinski definition) is 3. The predicted octanol–water partition coefficient (Wildman–Crippen LogP) is 1.13. The Labute approximate surface area is 87.6 Å². The van der Waals surface area contributed by atoms with Crippen LogP contribution in [0.15, 0.2) is 18.2 Å². The van der Waals surface area contributed by atoms with E-state index in [4.69, 9.17) is 17.3 Å². The Balaban J connectivity index is 2.90. The van der Waals surface area contributed by atoms with Gasteiger partial charge in [-0.2, -0.15) is 0 Å². The van der Waals surface area contributed by atoms with Gasteiger partial charge in [0.05, 0.1) is 5.56 Å². The van der Waals surface area contributed by atoms with Crippen LogP contribution in [-0.4, -0.2) is 25.0 Å². The van der Waals surface area contributed by atoms with Gasteiger partial charge in [0, 0.05) is 24.8 Å². The van der Waals surface area contributed by atoms with E-state index in [1.54, 1.807) is 37.3 Å². The number of carbonyl (C=O) groups is 1. The third kappa shape index (κ3) is 2.61. The molecule has 0 aromatic heterocycles. The summed E-state index contributed by atoms with van der Waals surface area (Å²) in [5, 5.41) is 2.07. The second-order valence-corrected chi connectivity index (χ2v) is 3.50. The molecule has 0 bridgehead atoms. The Bertz CT molecular complexity index is 352. The summed E-state index contributed by atoms with van der Waals surface area (Å²) in [5.74, 6) is -0.246. The molecule has 0 atom stereocenters. The molecule has 0 aliphatic rings. The molecule has 4 nitrogen and oxygen atoms in total. The van der Waals surface area contributed by atoms with Gasteiger partial charge in [0.15, 0.2) is 0 Å². The van der Waals surface area contributed by atoms with Gasteiger partial charge in [0.25, 0.3) is 5.91 Å². The molecule has 0 unspecified atom stereocenters. The highest BCUT2D eigenvalue weighted by Crippen LogP contribution is 2.17. The monoisotopic (exact) mass is 213 g/mol. The molecule has 1 aromatic carbocycles. The van der Waals surface area contributed by atoms with E-state index in [1.165, 1.54) is 0 Å². The van der Waals surface area contributed by atoms with E-state index in [0.717, 1.165) is 0 Å².